The van der Waals surface area contributed by atoms with Crippen LogP contribution in [0.25, 0.3) is 10.9 Å². The van der Waals surface area contributed by atoms with Crippen LogP contribution in [-0.4, -0.2) is 81.3 Å². The molecule has 198 valence electrons. The van der Waals surface area contributed by atoms with E-state index in [1.54, 1.807) is 11.0 Å². The van der Waals surface area contributed by atoms with Gasteiger partial charge >= 0.3 is 6.09 Å². The molecule has 38 heavy (non-hydrogen) atoms. The number of hydrogen-bond acceptors (Lipinski definition) is 6. The molecule has 1 amide bonds. The Morgan fingerprint density at radius 1 is 1.24 bits per heavy atom. The Morgan fingerprint density at radius 3 is 2.74 bits per heavy atom. The minimum atomic E-state index is -0.855. The number of para-hydroxylation sites is 1. The van der Waals surface area contributed by atoms with Crippen LogP contribution in [0.2, 0.25) is 0 Å². The van der Waals surface area contributed by atoms with Crippen molar-refractivity contribution in [3.05, 3.63) is 59.4 Å². The molecule has 3 aliphatic rings. The smallest absolute Gasteiger partial charge is 0.407 e. The first-order chi connectivity index (χ1) is 18.1. The summed E-state index contributed by atoms with van der Waals surface area (Å²) in [5, 5.41) is 25.1. The normalized spacial score (nSPS) is 21.4. The number of benzene rings is 2. The third-order valence-corrected chi connectivity index (χ3v) is 7.77. The van der Waals surface area contributed by atoms with Crippen molar-refractivity contribution in [3.63, 3.8) is 0 Å². The van der Waals surface area contributed by atoms with Crippen molar-refractivity contribution in [2.24, 2.45) is 21.0 Å². The largest absolute Gasteiger partial charge is 0.494 e. The fourth-order valence-electron chi connectivity index (χ4n) is 6.58. The van der Waals surface area contributed by atoms with Gasteiger partial charge < -0.3 is 24.9 Å². The number of carbonyl (C=O) groups is 1. The molecule has 2 aromatic carbocycles. The van der Waals surface area contributed by atoms with E-state index in [-0.39, 0.29) is 22.8 Å². The maximum absolute atomic E-state index is 14.0. The number of nitrogens with zero attached hydrogens (tertiary/aromatic N) is 4. The van der Waals surface area contributed by atoms with Crippen LogP contribution in [0, 0.1) is 16.6 Å². The summed E-state index contributed by atoms with van der Waals surface area (Å²) in [6, 6.07) is 11.8. The van der Waals surface area contributed by atoms with E-state index >= 15 is 0 Å². The molecule has 1 atom stereocenters. The summed E-state index contributed by atoms with van der Waals surface area (Å²) in [4.78, 5) is 28.8. The Balaban J connectivity index is 1.17. The average Bonchev–Trinajstić information content (AvgIpc) is 3.31. The fraction of sp³-hybridized carbons (Fsp3) is 0.393. The molecule has 3 aliphatic heterocycles. The molecule has 0 radical (unpaired) electrons. The van der Waals surface area contributed by atoms with Crippen LogP contribution in [-0.2, 0) is 4.84 Å². The van der Waals surface area contributed by atoms with E-state index in [9.17, 15) is 19.4 Å². The van der Waals surface area contributed by atoms with Gasteiger partial charge in [0.1, 0.15) is 23.8 Å². The highest BCUT2D eigenvalue weighted by Crippen LogP contribution is 2.52. The zero-order chi connectivity index (χ0) is 26.8. The molecular formula is C28H30FN5O4. The molecule has 1 spiro atoms. The Kier molecular flexibility index (Phi) is 5.50. The number of oxime groups is 1. The van der Waals surface area contributed by atoms with Crippen molar-refractivity contribution >= 4 is 34.1 Å². The second-order valence-electron chi connectivity index (χ2n) is 11.5. The highest BCUT2D eigenvalue weighted by Gasteiger charge is 2.63. The van der Waals surface area contributed by atoms with E-state index in [1.807, 2.05) is 24.3 Å². The van der Waals surface area contributed by atoms with E-state index < -0.39 is 11.9 Å². The Hall–Kier alpha value is -3.92. The van der Waals surface area contributed by atoms with Crippen LogP contribution < -0.4 is 0 Å². The predicted octanol–water partition coefficient (Wildman–Crippen LogP) is 4.58. The second-order valence-corrected chi connectivity index (χ2v) is 11.5. The lowest BCUT2D eigenvalue weighted by Gasteiger charge is -2.68. The Labute approximate surface area is 219 Å². The standard InChI is InChI=1S/C28H30FN5O4/c1-27(2,3)25-28(15-34(25)26(36)37)13-33(14-28)10-11-38-32-22-17-6-4-5-7-19(17)30-23(22)21-18-12-16(29)8-9-20(18)31-24(21)35/h4-9,12,25,31,35H,10-11,13-15H2,1-3H3,(H,36,37)/b32-22+. The molecule has 0 bridgehead atoms. The van der Waals surface area contributed by atoms with Crippen molar-refractivity contribution in [3.8, 4) is 5.88 Å². The molecule has 2 saturated heterocycles. The summed E-state index contributed by atoms with van der Waals surface area (Å²) in [6.45, 7) is 9.48. The van der Waals surface area contributed by atoms with Crippen molar-refractivity contribution < 1.29 is 24.2 Å². The van der Waals surface area contributed by atoms with Crippen LogP contribution in [0.1, 0.15) is 31.9 Å². The SMILES string of the molecule is CC(C)(C)C1N(C(=O)O)CC12CN(CCO/N=C1/C(c3c(O)[nH]c4ccc(F)cc34)=Nc3ccccc31)C2. The van der Waals surface area contributed by atoms with Crippen LogP contribution in [0.5, 0.6) is 5.88 Å². The summed E-state index contributed by atoms with van der Waals surface area (Å²) in [5.41, 5.74) is 3.19. The van der Waals surface area contributed by atoms with E-state index in [0.29, 0.717) is 53.3 Å². The number of aliphatic imine (C=N–C) groups is 1. The number of aromatic hydroxyl groups is 1. The number of hydrogen-bond donors (Lipinski definition) is 3. The van der Waals surface area contributed by atoms with Crippen LogP contribution in [0.3, 0.4) is 0 Å². The zero-order valence-electron chi connectivity index (χ0n) is 21.5. The topological polar surface area (TPSA) is 114 Å². The summed E-state index contributed by atoms with van der Waals surface area (Å²) >= 11 is 0. The summed E-state index contributed by atoms with van der Waals surface area (Å²) in [5.74, 6) is -0.525. The molecule has 0 aliphatic carbocycles. The maximum atomic E-state index is 14.0. The van der Waals surface area contributed by atoms with Gasteiger partial charge in [0.25, 0.3) is 0 Å². The minimum absolute atomic E-state index is 0.00507. The Bertz CT molecular complexity index is 1500. The van der Waals surface area contributed by atoms with Gasteiger partial charge in [0.15, 0.2) is 5.88 Å². The number of H-pyrrole nitrogens is 1. The van der Waals surface area contributed by atoms with Crippen molar-refractivity contribution in [1.82, 2.24) is 14.8 Å². The van der Waals surface area contributed by atoms with Gasteiger partial charge in [-0.25, -0.2) is 14.2 Å². The first-order valence-corrected chi connectivity index (χ1v) is 12.7. The van der Waals surface area contributed by atoms with Gasteiger partial charge in [0, 0.05) is 54.1 Å². The number of fused-ring (bicyclic) bond motifs is 2. The maximum Gasteiger partial charge on any atom is 0.407 e. The van der Waals surface area contributed by atoms with Crippen molar-refractivity contribution in [2.75, 3.05) is 32.8 Å². The molecular weight excluding hydrogens is 489 g/mol. The lowest BCUT2D eigenvalue weighted by molar-refractivity contribution is -0.185. The van der Waals surface area contributed by atoms with E-state index in [1.165, 1.54) is 12.1 Å². The van der Waals surface area contributed by atoms with Gasteiger partial charge in [0.2, 0.25) is 0 Å². The molecule has 3 N–H and O–H groups in total. The molecule has 3 aromatic rings. The highest BCUT2D eigenvalue weighted by atomic mass is 19.1. The lowest BCUT2D eigenvalue weighted by atomic mass is 9.58. The average molecular weight is 520 g/mol. The van der Waals surface area contributed by atoms with Gasteiger partial charge in [-0.1, -0.05) is 44.1 Å². The van der Waals surface area contributed by atoms with Gasteiger partial charge in [-0.15, -0.1) is 0 Å². The van der Waals surface area contributed by atoms with Crippen LogP contribution >= 0.6 is 0 Å². The minimum Gasteiger partial charge on any atom is -0.494 e. The number of rotatable bonds is 5. The van der Waals surface area contributed by atoms with Crippen molar-refractivity contribution in [2.45, 2.75) is 26.8 Å². The summed E-state index contributed by atoms with van der Waals surface area (Å²) < 4.78 is 14.0. The number of halogens is 1. The Morgan fingerprint density at radius 2 is 2.00 bits per heavy atom. The third-order valence-electron chi connectivity index (χ3n) is 7.77. The molecule has 1 aromatic heterocycles. The first-order valence-electron chi connectivity index (χ1n) is 12.7. The molecule has 9 nitrogen and oxygen atoms in total. The van der Waals surface area contributed by atoms with Gasteiger partial charge in [-0.05, 0) is 29.7 Å². The van der Waals surface area contributed by atoms with Crippen LogP contribution in [0.4, 0.5) is 14.9 Å². The van der Waals surface area contributed by atoms with Gasteiger partial charge in [-0.3, -0.25) is 4.90 Å². The summed E-state index contributed by atoms with van der Waals surface area (Å²) in [6.07, 6.45) is -0.855. The lowest BCUT2D eigenvalue weighted by Crippen LogP contribution is -2.80. The monoisotopic (exact) mass is 519 g/mol. The van der Waals surface area contributed by atoms with Gasteiger partial charge in [-0.2, -0.15) is 0 Å². The molecule has 10 heteroatoms. The zero-order valence-corrected chi connectivity index (χ0v) is 21.5. The number of carboxylic acid groups (broad SMARTS) is 1. The summed E-state index contributed by atoms with van der Waals surface area (Å²) in [7, 11) is 0. The van der Waals surface area contributed by atoms with Gasteiger partial charge in [0.05, 0.1) is 11.3 Å². The third kappa shape index (κ3) is 3.82. The molecule has 4 heterocycles. The molecule has 0 saturated carbocycles. The van der Waals surface area contributed by atoms with Crippen LogP contribution in [0.15, 0.2) is 52.6 Å². The first kappa shape index (κ1) is 24.4. The van der Waals surface area contributed by atoms with Crippen molar-refractivity contribution in [1.29, 1.82) is 0 Å². The molecule has 1 unspecified atom stereocenters. The highest BCUT2D eigenvalue weighted by molar-refractivity contribution is 6.58. The fourth-order valence-corrected chi connectivity index (χ4v) is 6.58. The molecule has 6 rings (SSSR count). The number of amides is 1. The van der Waals surface area contributed by atoms with E-state index in [0.717, 1.165) is 18.7 Å². The molecule has 2 fully saturated rings. The number of aromatic nitrogens is 1. The second kappa shape index (κ2) is 8.56. The number of likely N-dealkylation sites (tertiary alicyclic amines) is 2. The number of aromatic amines is 1. The number of nitrogens with one attached hydrogen (secondary N) is 1. The van der Waals surface area contributed by atoms with E-state index in [4.69, 9.17) is 4.84 Å². The van der Waals surface area contributed by atoms with E-state index in [2.05, 4.69) is 40.8 Å². The quantitative estimate of drug-likeness (QED) is 0.337. The predicted molar refractivity (Wildman–Crippen MR) is 142 cm³/mol.